The summed E-state index contributed by atoms with van der Waals surface area (Å²) in [5.74, 6) is -0.664. The lowest BCUT2D eigenvalue weighted by Gasteiger charge is -2.10. The van der Waals surface area contributed by atoms with Crippen LogP contribution in [0.15, 0.2) is 78.1 Å². The van der Waals surface area contributed by atoms with Gasteiger partial charge in [0.15, 0.2) is 0 Å². The van der Waals surface area contributed by atoms with Crippen molar-refractivity contribution in [3.63, 3.8) is 0 Å². The highest BCUT2D eigenvalue weighted by Crippen LogP contribution is 2.33. The van der Waals surface area contributed by atoms with Gasteiger partial charge in [0.2, 0.25) is 11.2 Å². The zero-order chi connectivity index (χ0) is 24.0. The number of pyridine rings is 3. The van der Waals surface area contributed by atoms with E-state index < -0.39 is 11.3 Å². The average Bonchev–Trinajstić information content (AvgIpc) is 3.17. The largest absolute Gasteiger partial charge is 0.355 e. The number of aryl methyl sites for hydroxylation is 1. The van der Waals surface area contributed by atoms with Crippen molar-refractivity contribution in [2.24, 2.45) is 7.05 Å². The van der Waals surface area contributed by atoms with Crippen LogP contribution in [0.2, 0.25) is 0 Å². The van der Waals surface area contributed by atoms with E-state index in [4.69, 9.17) is 0 Å². The molecular formula is C27H23ClN4O3. The number of nitrogens with zero attached hydrogens (tertiary/aromatic N) is 3. The fourth-order valence-corrected chi connectivity index (χ4v) is 4.56. The molecule has 0 fully saturated rings. The topological polar surface area (TPSA) is 85.5 Å². The maximum atomic E-state index is 13.8. The van der Waals surface area contributed by atoms with E-state index in [0.29, 0.717) is 22.2 Å². The van der Waals surface area contributed by atoms with E-state index in [9.17, 15) is 14.4 Å². The quantitative estimate of drug-likeness (QED) is 0.386. The number of aromatic nitrogens is 3. The number of rotatable bonds is 4. The highest BCUT2D eigenvalue weighted by atomic mass is 35.5. The molecule has 0 radical (unpaired) electrons. The summed E-state index contributed by atoms with van der Waals surface area (Å²) in [5, 5.41) is 2.82. The van der Waals surface area contributed by atoms with E-state index in [1.807, 2.05) is 47.9 Å². The normalized spacial score (nSPS) is 10.8. The highest BCUT2D eigenvalue weighted by Gasteiger charge is 2.23. The zero-order valence-corrected chi connectivity index (χ0v) is 20.2. The van der Waals surface area contributed by atoms with Crippen LogP contribution in [0.1, 0.15) is 32.0 Å². The molecule has 0 aliphatic heterocycles. The van der Waals surface area contributed by atoms with Gasteiger partial charge in [0.05, 0.1) is 16.7 Å². The SMILES string of the molecule is CNC(=O)c1cn(C)c2ccc(C(=O)c3c(C)c(-c4ccncc4)c4ccccn34)cc2c1=O.Cl. The summed E-state index contributed by atoms with van der Waals surface area (Å²) in [5.41, 5.74) is 4.86. The van der Waals surface area contributed by atoms with Gasteiger partial charge in [-0.05, 0) is 60.5 Å². The summed E-state index contributed by atoms with van der Waals surface area (Å²) in [6.07, 6.45) is 6.83. The molecule has 5 rings (SSSR count). The highest BCUT2D eigenvalue weighted by molar-refractivity contribution is 6.13. The smallest absolute Gasteiger partial charge is 0.256 e. The van der Waals surface area contributed by atoms with Gasteiger partial charge in [-0.2, -0.15) is 0 Å². The van der Waals surface area contributed by atoms with Crippen LogP contribution in [0.4, 0.5) is 0 Å². The maximum Gasteiger partial charge on any atom is 0.256 e. The number of carbonyl (C=O) groups is 2. The summed E-state index contributed by atoms with van der Waals surface area (Å²) < 4.78 is 3.60. The Balaban J connectivity index is 0.00000289. The van der Waals surface area contributed by atoms with Crippen LogP contribution in [0.25, 0.3) is 27.5 Å². The van der Waals surface area contributed by atoms with Gasteiger partial charge in [-0.25, -0.2) is 0 Å². The third kappa shape index (κ3) is 3.80. The van der Waals surface area contributed by atoms with Gasteiger partial charge in [0, 0.05) is 55.4 Å². The lowest BCUT2D eigenvalue weighted by atomic mass is 9.98. The molecule has 0 aliphatic carbocycles. The van der Waals surface area contributed by atoms with Gasteiger partial charge < -0.3 is 14.3 Å². The van der Waals surface area contributed by atoms with Crippen molar-refractivity contribution in [2.45, 2.75) is 6.92 Å². The molecule has 0 bridgehead atoms. The number of ketones is 1. The fourth-order valence-electron chi connectivity index (χ4n) is 4.56. The number of benzene rings is 1. The molecule has 0 spiro atoms. The minimum atomic E-state index is -0.463. The molecule has 4 aromatic heterocycles. The second-order valence-corrected chi connectivity index (χ2v) is 8.16. The summed E-state index contributed by atoms with van der Waals surface area (Å²) in [6, 6.07) is 14.7. The first kappa shape index (κ1) is 23.9. The number of halogens is 1. The van der Waals surface area contributed by atoms with Crippen LogP contribution in [0.3, 0.4) is 0 Å². The van der Waals surface area contributed by atoms with E-state index in [1.54, 1.807) is 42.2 Å². The molecule has 0 unspecified atom stereocenters. The van der Waals surface area contributed by atoms with Crippen LogP contribution >= 0.6 is 12.4 Å². The Morgan fingerprint density at radius 2 is 1.74 bits per heavy atom. The lowest BCUT2D eigenvalue weighted by Crippen LogP contribution is -2.26. The molecule has 0 saturated carbocycles. The van der Waals surface area contributed by atoms with Crippen molar-refractivity contribution >= 4 is 40.5 Å². The average molecular weight is 487 g/mol. The van der Waals surface area contributed by atoms with E-state index in [2.05, 4.69) is 10.3 Å². The van der Waals surface area contributed by atoms with Crippen LogP contribution < -0.4 is 10.7 Å². The van der Waals surface area contributed by atoms with E-state index in [-0.39, 0.29) is 23.8 Å². The molecule has 35 heavy (non-hydrogen) atoms. The van der Waals surface area contributed by atoms with E-state index in [1.165, 1.54) is 13.2 Å². The molecule has 8 heteroatoms. The minimum Gasteiger partial charge on any atom is -0.355 e. The number of fused-ring (bicyclic) bond motifs is 2. The van der Waals surface area contributed by atoms with Gasteiger partial charge in [0.1, 0.15) is 5.56 Å². The molecular weight excluding hydrogens is 464 g/mol. The third-order valence-corrected chi connectivity index (χ3v) is 6.19. The van der Waals surface area contributed by atoms with E-state index in [0.717, 1.165) is 22.2 Å². The first-order chi connectivity index (χ1) is 16.4. The first-order valence-electron chi connectivity index (χ1n) is 10.8. The number of nitrogens with one attached hydrogen (secondary N) is 1. The molecule has 0 saturated heterocycles. The summed E-state index contributed by atoms with van der Waals surface area (Å²) in [6.45, 7) is 1.93. The van der Waals surface area contributed by atoms with Crippen LogP contribution in [0, 0.1) is 6.92 Å². The summed E-state index contributed by atoms with van der Waals surface area (Å²) >= 11 is 0. The van der Waals surface area contributed by atoms with Crippen LogP contribution in [-0.2, 0) is 7.05 Å². The van der Waals surface area contributed by atoms with Crippen molar-refractivity contribution < 1.29 is 9.59 Å². The van der Waals surface area contributed by atoms with Crippen LogP contribution in [0.5, 0.6) is 0 Å². The van der Waals surface area contributed by atoms with Crippen molar-refractivity contribution in [2.75, 3.05) is 7.05 Å². The third-order valence-electron chi connectivity index (χ3n) is 6.19. The number of hydrogen-bond donors (Lipinski definition) is 1. The fraction of sp³-hybridized carbons (Fsp3) is 0.111. The van der Waals surface area contributed by atoms with Crippen molar-refractivity contribution in [1.29, 1.82) is 0 Å². The second kappa shape index (κ2) is 9.19. The van der Waals surface area contributed by atoms with Crippen LogP contribution in [-0.4, -0.2) is 32.7 Å². The Hall–Kier alpha value is -4.23. The van der Waals surface area contributed by atoms with Gasteiger partial charge in [-0.1, -0.05) is 6.07 Å². The van der Waals surface area contributed by atoms with Gasteiger partial charge in [0.25, 0.3) is 5.91 Å². The van der Waals surface area contributed by atoms with Gasteiger partial charge in [-0.15, -0.1) is 12.4 Å². The predicted octanol–water partition coefficient (Wildman–Crippen LogP) is 4.17. The molecule has 1 aromatic carbocycles. The Bertz CT molecular complexity index is 1670. The number of carbonyl (C=O) groups excluding carboxylic acids is 2. The number of amides is 1. The predicted molar refractivity (Wildman–Crippen MR) is 139 cm³/mol. The summed E-state index contributed by atoms with van der Waals surface area (Å²) in [7, 11) is 3.24. The van der Waals surface area contributed by atoms with Gasteiger partial charge in [-0.3, -0.25) is 19.4 Å². The Morgan fingerprint density at radius 1 is 1.00 bits per heavy atom. The Morgan fingerprint density at radius 3 is 2.46 bits per heavy atom. The molecule has 1 amide bonds. The van der Waals surface area contributed by atoms with Gasteiger partial charge >= 0.3 is 0 Å². The second-order valence-electron chi connectivity index (χ2n) is 8.16. The molecule has 5 aromatic rings. The van der Waals surface area contributed by atoms with Crippen molar-refractivity contribution in [3.05, 3.63) is 106 Å². The monoisotopic (exact) mass is 486 g/mol. The molecule has 0 atom stereocenters. The lowest BCUT2D eigenvalue weighted by molar-refractivity contribution is 0.0960. The van der Waals surface area contributed by atoms with E-state index >= 15 is 0 Å². The molecule has 0 aliphatic rings. The zero-order valence-electron chi connectivity index (χ0n) is 19.4. The minimum absolute atomic E-state index is 0. The molecule has 176 valence electrons. The summed E-state index contributed by atoms with van der Waals surface area (Å²) in [4.78, 5) is 43.2. The standard InChI is InChI=1S/C27H22N4O3.ClH/c1-16-23(17-9-11-29-12-10-17)22-6-4-5-13-31(22)24(16)25(32)18-7-8-21-19(14-18)26(33)20(15-30(21)3)27(34)28-2;/h4-15H,1-3H3,(H,28,34);1H. The molecule has 1 N–H and O–H groups in total. The van der Waals surface area contributed by atoms with Crippen molar-refractivity contribution in [1.82, 2.24) is 19.3 Å². The molecule has 7 nitrogen and oxygen atoms in total. The first-order valence-corrected chi connectivity index (χ1v) is 10.8. The molecule has 4 heterocycles. The Kier molecular flexibility index (Phi) is 6.28. The maximum absolute atomic E-state index is 13.8. The van der Waals surface area contributed by atoms with Crippen molar-refractivity contribution in [3.8, 4) is 11.1 Å². The Labute approximate surface area is 207 Å². The number of hydrogen-bond acceptors (Lipinski definition) is 4.